The van der Waals surface area contributed by atoms with E-state index in [4.69, 9.17) is 21.1 Å². The molecule has 3 aromatic rings. The Bertz CT molecular complexity index is 1020. The lowest BCUT2D eigenvalue weighted by molar-refractivity contribution is -0.113. The Kier molecular flexibility index (Phi) is 7.62. The third kappa shape index (κ3) is 5.69. The smallest absolute Gasteiger partial charge is 0.265 e. The van der Waals surface area contributed by atoms with Crippen LogP contribution in [0.3, 0.4) is 0 Å². The van der Waals surface area contributed by atoms with E-state index in [1.54, 1.807) is 30.3 Å². The second kappa shape index (κ2) is 10.4. The highest BCUT2D eigenvalue weighted by atomic mass is 35.5. The van der Waals surface area contributed by atoms with Crippen molar-refractivity contribution in [1.82, 2.24) is 0 Å². The molecule has 9 heteroatoms. The van der Waals surface area contributed by atoms with Crippen LogP contribution in [0.4, 0.5) is 11.4 Å². The van der Waals surface area contributed by atoms with Gasteiger partial charge in [-0.1, -0.05) is 17.7 Å². The summed E-state index contributed by atoms with van der Waals surface area (Å²) in [6, 6.07) is 14.1. The molecule has 3 rings (SSSR count). The predicted molar refractivity (Wildman–Crippen MR) is 123 cm³/mol. The molecule has 0 aliphatic carbocycles. The number of hydrogen-bond acceptors (Lipinski definition) is 6. The highest BCUT2D eigenvalue weighted by Gasteiger charge is 2.13. The van der Waals surface area contributed by atoms with Crippen LogP contribution >= 0.6 is 34.7 Å². The van der Waals surface area contributed by atoms with Gasteiger partial charge in [0.25, 0.3) is 5.91 Å². The van der Waals surface area contributed by atoms with Crippen molar-refractivity contribution in [2.45, 2.75) is 4.90 Å². The van der Waals surface area contributed by atoms with E-state index in [-0.39, 0.29) is 17.6 Å². The molecule has 0 spiro atoms. The van der Waals surface area contributed by atoms with Gasteiger partial charge in [0, 0.05) is 16.6 Å². The second-order valence-corrected chi connectivity index (χ2v) is 8.38. The Balaban J connectivity index is 1.55. The third-order valence-electron chi connectivity index (χ3n) is 3.98. The molecule has 0 bridgehead atoms. The van der Waals surface area contributed by atoms with Crippen molar-refractivity contribution in [3.63, 3.8) is 0 Å². The molecule has 0 aliphatic heterocycles. The summed E-state index contributed by atoms with van der Waals surface area (Å²) in [5.74, 6) is 0.785. The fourth-order valence-corrected chi connectivity index (χ4v) is 4.09. The molecule has 0 atom stereocenters. The molecule has 2 N–H and O–H groups in total. The standard InChI is InChI=1S/C21H19ClN2O4S2/c1-27-17-11-18(28-2)16(10-15(17)22)24-20(25)12-30-14-7-5-13(6-8-14)23-21(26)19-4-3-9-29-19/h3-11H,12H2,1-2H3,(H,23,26)(H,24,25). The summed E-state index contributed by atoms with van der Waals surface area (Å²) in [6.07, 6.45) is 0. The number of thioether (sulfide) groups is 1. The Morgan fingerprint density at radius 2 is 1.77 bits per heavy atom. The summed E-state index contributed by atoms with van der Waals surface area (Å²) in [5.41, 5.74) is 1.17. The van der Waals surface area contributed by atoms with Crippen LogP contribution in [-0.2, 0) is 4.79 Å². The first kappa shape index (κ1) is 22.0. The molecule has 0 saturated heterocycles. The van der Waals surface area contributed by atoms with E-state index in [2.05, 4.69) is 10.6 Å². The fraction of sp³-hybridized carbons (Fsp3) is 0.143. The monoisotopic (exact) mass is 462 g/mol. The number of rotatable bonds is 8. The maximum absolute atomic E-state index is 12.3. The number of carbonyl (C=O) groups excluding carboxylic acids is 2. The molecular formula is C21H19ClN2O4S2. The van der Waals surface area contributed by atoms with Crippen LogP contribution in [0, 0.1) is 0 Å². The van der Waals surface area contributed by atoms with Crippen molar-refractivity contribution in [3.8, 4) is 11.5 Å². The summed E-state index contributed by atoms with van der Waals surface area (Å²) >= 11 is 8.90. The average Bonchev–Trinajstić information content (AvgIpc) is 3.28. The Labute approximate surface area is 187 Å². The number of carbonyl (C=O) groups is 2. The minimum Gasteiger partial charge on any atom is -0.495 e. The maximum atomic E-state index is 12.3. The first-order valence-electron chi connectivity index (χ1n) is 8.79. The first-order chi connectivity index (χ1) is 14.5. The third-order valence-corrected chi connectivity index (χ3v) is 6.15. The van der Waals surface area contributed by atoms with Gasteiger partial charge >= 0.3 is 0 Å². The number of benzene rings is 2. The molecule has 0 saturated carbocycles. The molecule has 2 amide bonds. The number of anilines is 2. The van der Waals surface area contributed by atoms with E-state index in [1.807, 2.05) is 23.6 Å². The zero-order chi connectivity index (χ0) is 21.5. The van der Waals surface area contributed by atoms with E-state index >= 15 is 0 Å². The van der Waals surface area contributed by atoms with E-state index < -0.39 is 0 Å². The van der Waals surface area contributed by atoms with Gasteiger partial charge in [-0.2, -0.15) is 0 Å². The lowest BCUT2D eigenvalue weighted by Crippen LogP contribution is -2.14. The second-order valence-electron chi connectivity index (χ2n) is 5.98. The van der Waals surface area contributed by atoms with Gasteiger partial charge in [-0.3, -0.25) is 9.59 Å². The Morgan fingerprint density at radius 3 is 2.40 bits per heavy atom. The molecule has 1 aromatic heterocycles. The zero-order valence-corrected chi connectivity index (χ0v) is 18.6. The Morgan fingerprint density at radius 1 is 1.03 bits per heavy atom. The lowest BCUT2D eigenvalue weighted by Gasteiger charge is -2.13. The lowest BCUT2D eigenvalue weighted by atomic mass is 10.2. The van der Waals surface area contributed by atoms with Gasteiger partial charge in [-0.15, -0.1) is 23.1 Å². The summed E-state index contributed by atoms with van der Waals surface area (Å²) in [7, 11) is 3.01. The van der Waals surface area contributed by atoms with Crippen LogP contribution in [0.5, 0.6) is 11.5 Å². The van der Waals surface area contributed by atoms with Gasteiger partial charge in [-0.05, 0) is 41.8 Å². The van der Waals surface area contributed by atoms with Crippen molar-refractivity contribution in [2.24, 2.45) is 0 Å². The van der Waals surface area contributed by atoms with Gasteiger partial charge < -0.3 is 20.1 Å². The van der Waals surface area contributed by atoms with Crippen LogP contribution in [-0.4, -0.2) is 31.8 Å². The number of amides is 2. The SMILES string of the molecule is COc1cc(OC)c(NC(=O)CSc2ccc(NC(=O)c3cccs3)cc2)cc1Cl. The van der Waals surface area contributed by atoms with Gasteiger partial charge in [0.05, 0.1) is 35.6 Å². The molecule has 2 aromatic carbocycles. The number of halogens is 1. The molecule has 0 radical (unpaired) electrons. The van der Waals surface area contributed by atoms with Gasteiger partial charge in [-0.25, -0.2) is 0 Å². The summed E-state index contributed by atoms with van der Waals surface area (Å²) in [5, 5.41) is 7.87. The molecule has 6 nitrogen and oxygen atoms in total. The number of hydrogen-bond donors (Lipinski definition) is 2. The number of thiophene rings is 1. The molecule has 1 heterocycles. The summed E-state index contributed by atoms with van der Waals surface area (Å²) in [6.45, 7) is 0. The maximum Gasteiger partial charge on any atom is 0.265 e. The molecular weight excluding hydrogens is 444 g/mol. The Hall–Kier alpha value is -2.68. The van der Waals surface area contributed by atoms with Crippen LogP contribution in [0.15, 0.2) is 58.8 Å². The predicted octanol–water partition coefficient (Wildman–Crippen LogP) is 5.40. The molecule has 0 aliphatic rings. The highest BCUT2D eigenvalue weighted by Crippen LogP contribution is 2.36. The van der Waals surface area contributed by atoms with Gasteiger partial charge in [0.2, 0.25) is 5.91 Å². The highest BCUT2D eigenvalue weighted by molar-refractivity contribution is 8.00. The first-order valence-corrected chi connectivity index (χ1v) is 11.0. The van der Waals surface area contributed by atoms with Crippen molar-refractivity contribution < 1.29 is 19.1 Å². The van der Waals surface area contributed by atoms with E-state index in [1.165, 1.54) is 37.3 Å². The van der Waals surface area contributed by atoms with Gasteiger partial charge in [0.1, 0.15) is 11.5 Å². The van der Waals surface area contributed by atoms with Crippen molar-refractivity contribution in [1.29, 1.82) is 0 Å². The molecule has 156 valence electrons. The zero-order valence-electron chi connectivity index (χ0n) is 16.2. The average molecular weight is 463 g/mol. The summed E-state index contributed by atoms with van der Waals surface area (Å²) in [4.78, 5) is 26.0. The minimum atomic E-state index is -0.199. The molecule has 0 fully saturated rings. The van der Waals surface area contributed by atoms with Crippen LogP contribution in [0.25, 0.3) is 0 Å². The van der Waals surface area contributed by atoms with Crippen LogP contribution < -0.4 is 20.1 Å². The molecule has 0 unspecified atom stereocenters. The van der Waals surface area contributed by atoms with E-state index in [0.29, 0.717) is 32.8 Å². The number of nitrogens with one attached hydrogen (secondary N) is 2. The molecule has 30 heavy (non-hydrogen) atoms. The van der Waals surface area contributed by atoms with Gasteiger partial charge in [0.15, 0.2) is 0 Å². The number of methoxy groups -OCH3 is 2. The van der Waals surface area contributed by atoms with Crippen LogP contribution in [0.1, 0.15) is 9.67 Å². The van der Waals surface area contributed by atoms with Crippen LogP contribution in [0.2, 0.25) is 5.02 Å². The largest absolute Gasteiger partial charge is 0.495 e. The van der Waals surface area contributed by atoms with E-state index in [9.17, 15) is 9.59 Å². The number of ether oxygens (including phenoxy) is 2. The van der Waals surface area contributed by atoms with E-state index in [0.717, 1.165) is 4.90 Å². The minimum absolute atomic E-state index is 0.142. The summed E-state index contributed by atoms with van der Waals surface area (Å²) < 4.78 is 10.4. The van der Waals surface area contributed by atoms with Crippen molar-refractivity contribution in [2.75, 3.05) is 30.6 Å². The van der Waals surface area contributed by atoms with Crippen molar-refractivity contribution >= 4 is 57.9 Å². The fourth-order valence-electron chi connectivity index (χ4n) is 2.53. The normalized spacial score (nSPS) is 10.4. The quantitative estimate of drug-likeness (QED) is 0.438. The van der Waals surface area contributed by atoms with Crippen molar-refractivity contribution in [3.05, 3.63) is 63.8 Å². The topological polar surface area (TPSA) is 76.7 Å².